The van der Waals surface area contributed by atoms with E-state index in [9.17, 15) is 9.59 Å². The van der Waals surface area contributed by atoms with Crippen molar-refractivity contribution in [1.29, 1.82) is 0 Å². The molecule has 0 atom stereocenters. The molecule has 0 aliphatic carbocycles. The fourth-order valence-corrected chi connectivity index (χ4v) is 3.88. The number of carboxylic acid groups (broad SMARTS) is 2. The normalized spacial score (nSPS) is 10.2. The van der Waals surface area contributed by atoms with Gasteiger partial charge in [0.15, 0.2) is 0 Å². The Labute approximate surface area is 226 Å². The summed E-state index contributed by atoms with van der Waals surface area (Å²) in [5, 5.41) is 16.9. The molecule has 0 saturated carbocycles. The third-order valence-electron chi connectivity index (χ3n) is 5.99. The zero-order valence-corrected chi connectivity index (χ0v) is 26.1. The third kappa shape index (κ3) is 42.5. The van der Waals surface area contributed by atoms with Crippen molar-refractivity contribution in [3.63, 3.8) is 0 Å². The van der Waals surface area contributed by atoms with Gasteiger partial charge >= 0.3 is 11.9 Å². The number of unbranched alkanes of at least 4 members (excludes halogenated alkanes) is 20. The second kappa shape index (κ2) is 34.0. The molecule has 0 aliphatic rings. The van der Waals surface area contributed by atoms with Crippen LogP contribution in [0.3, 0.4) is 0 Å². The molecule has 33 heavy (non-hydrogen) atoms. The van der Waals surface area contributed by atoms with Gasteiger partial charge < -0.3 is 10.2 Å². The number of hydrogen-bond donors (Lipinski definition) is 2. The van der Waals surface area contributed by atoms with Gasteiger partial charge in [0.1, 0.15) is 0 Å². The van der Waals surface area contributed by atoms with Gasteiger partial charge in [-0.15, -0.1) is 0 Å². The van der Waals surface area contributed by atoms with Gasteiger partial charge in [-0.25, -0.2) is 0 Å². The van der Waals surface area contributed by atoms with Crippen molar-refractivity contribution < 1.29 is 19.8 Å². The summed E-state index contributed by atoms with van der Waals surface area (Å²) < 4.78 is 0. The molecular formula is C28H56O4Pb. The Hall–Kier alpha value is -0.138. The summed E-state index contributed by atoms with van der Waals surface area (Å²) >= 11 is 0. The van der Waals surface area contributed by atoms with E-state index < -0.39 is 11.9 Å². The standard InChI is InChI=1S/2C14H28O2.Pb/c2*1-2-3-4-5-6-7-8-9-10-11-12-13-14(15)16;/h2*2-13H2,1H3,(H,15,16);. The molecule has 196 valence electrons. The first-order chi connectivity index (χ1) is 15.5. The van der Waals surface area contributed by atoms with Crippen molar-refractivity contribution in [2.75, 3.05) is 0 Å². The summed E-state index contributed by atoms with van der Waals surface area (Å²) in [5.41, 5.74) is 0. The van der Waals surface area contributed by atoms with Crippen LogP contribution in [0.4, 0.5) is 0 Å². The molecule has 5 heteroatoms. The first kappa shape index (κ1) is 37.4. The van der Waals surface area contributed by atoms with E-state index >= 15 is 0 Å². The predicted octanol–water partition coefficient (Wildman–Crippen LogP) is 9.16. The molecule has 0 aliphatic heterocycles. The monoisotopic (exact) mass is 664 g/mol. The maximum Gasteiger partial charge on any atom is 0.303 e. The predicted molar refractivity (Wildman–Crippen MR) is 143 cm³/mol. The molecule has 0 fully saturated rings. The minimum absolute atomic E-state index is 0. The molecule has 0 amide bonds. The quantitative estimate of drug-likeness (QED) is 0.0798. The van der Waals surface area contributed by atoms with Crippen LogP contribution in [0.25, 0.3) is 0 Å². The van der Waals surface area contributed by atoms with Gasteiger partial charge in [-0.1, -0.05) is 142 Å². The molecule has 0 rings (SSSR count). The van der Waals surface area contributed by atoms with Crippen molar-refractivity contribution in [3.8, 4) is 0 Å². The smallest absolute Gasteiger partial charge is 0.303 e. The minimum Gasteiger partial charge on any atom is -0.481 e. The van der Waals surface area contributed by atoms with Crippen LogP contribution >= 0.6 is 0 Å². The largest absolute Gasteiger partial charge is 0.481 e. The Bertz CT molecular complexity index is 352. The summed E-state index contributed by atoms with van der Waals surface area (Å²) in [6.45, 7) is 4.49. The summed E-state index contributed by atoms with van der Waals surface area (Å²) in [6.07, 6.45) is 28.7. The molecule has 0 aromatic carbocycles. The van der Waals surface area contributed by atoms with E-state index in [0.29, 0.717) is 12.8 Å². The molecular weight excluding hydrogens is 608 g/mol. The van der Waals surface area contributed by atoms with E-state index in [4.69, 9.17) is 10.2 Å². The SMILES string of the molecule is CCCCCCCCCCCCCC(=O)O.CCCCCCCCCCCCCC(=O)O.[Pb]. The summed E-state index contributed by atoms with van der Waals surface area (Å²) in [7, 11) is 0. The molecule has 0 aromatic heterocycles. The van der Waals surface area contributed by atoms with Gasteiger partial charge in [0.05, 0.1) is 0 Å². The Kier molecular flexibility index (Phi) is 38.6. The Morgan fingerprint density at radius 2 is 0.576 bits per heavy atom. The second-order valence-corrected chi connectivity index (χ2v) is 9.36. The van der Waals surface area contributed by atoms with Crippen molar-refractivity contribution in [2.24, 2.45) is 0 Å². The second-order valence-electron chi connectivity index (χ2n) is 9.36. The van der Waals surface area contributed by atoms with E-state index in [1.165, 1.54) is 116 Å². The Morgan fingerprint density at radius 1 is 0.394 bits per heavy atom. The molecule has 0 unspecified atom stereocenters. The van der Waals surface area contributed by atoms with Gasteiger partial charge in [0.2, 0.25) is 0 Å². The fraction of sp³-hybridized carbons (Fsp3) is 0.929. The molecule has 0 aromatic rings. The van der Waals surface area contributed by atoms with Crippen LogP contribution in [0.15, 0.2) is 0 Å². The number of rotatable bonds is 24. The van der Waals surface area contributed by atoms with E-state index in [1.807, 2.05) is 0 Å². The van der Waals surface area contributed by atoms with Crippen molar-refractivity contribution in [2.45, 2.75) is 168 Å². The third-order valence-corrected chi connectivity index (χ3v) is 5.99. The van der Waals surface area contributed by atoms with E-state index in [1.54, 1.807) is 0 Å². The maximum atomic E-state index is 10.3. The van der Waals surface area contributed by atoms with Crippen LogP contribution in [0.2, 0.25) is 0 Å². The van der Waals surface area contributed by atoms with Crippen molar-refractivity contribution in [1.82, 2.24) is 0 Å². The molecule has 4 nitrogen and oxygen atoms in total. The zero-order valence-electron chi connectivity index (χ0n) is 22.2. The summed E-state index contributed by atoms with van der Waals surface area (Å²) in [4.78, 5) is 20.5. The van der Waals surface area contributed by atoms with Crippen LogP contribution in [-0.2, 0) is 9.59 Å². The maximum absolute atomic E-state index is 10.3. The zero-order chi connectivity index (χ0) is 24.1. The molecule has 2 N–H and O–H groups in total. The van der Waals surface area contributed by atoms with E-state index in [0.717, 1.165) is 25.7 Å². The topological polar surface area (TPSA) is 74.6 Å². The van der Waals surface area contributed by atoms with Crippen LogP contribution in [0.1, 0.15) is 168 Å². The molecule has 0 spiro atoms. The molecule has 4 radical (unpaired) electrons. The summed E-state index contributed by atoms with van der Waals surface area (Å²) in [5.74, 6) is -1.31. The minimum atomic E-state index is -0.657. The Balaban J connectivity index is -0.000000529. The number of carbonyl (C=O) groups is 2. The van der Waals surface area contributed by atoms with E-state index in [-0.39, 0.29) is 27.3 Å². The molecule has 0 heterocycles. The van der Waals surface area contributed by atoms with Crippen LogP contribution in [0, 0.1) is 0 Å². The molecule has 0 saturated heterocycles. The molecule has 0 bridgehead atoms. The average Bonchev–Trinajstić information content (AvgIpc) is 2.76. The van der Waals surface area contributed by atoms with Gasteiger partial charge in [-0.05, 0) is 12.8 Å². The summed E-state index contributed by atoms with van der Waals surface area (Å²) in [6, 6.07) is 0. The first-order valence-electron chi connectivity index (χ1n) is 14.0. The van der Waals surface area contributed by atoms with Gasteiger partial charge in [0.25, 0.3) is 0 Å². The van der Waals surface area contributed by atoms with Crippen molar-refractivity contribution in [3.05, 3.63) is 0 Å². The van der Waals surface area contributed by atoms with Gasteiger partial charge in [0, 0.05) is 40.1 Å². The van der Waals surface area contributed by atoms with Crippen molar-refractivity contribution >= 4 is 39.2 Å². The first-order valence-corrected chi connectivity index (χ1v) is 14.0. The van der Waals surface area contributed by atoms with E-state index in [2.05, 4.69) is 13.8 Å². The number of hydrogen-bond acceptors (Lipinski definition) is 2. The van der Waals surface area contributed by atoms with Crippen LogP contribution < -0.4 is 0 Å². The van der Waals surface area contributed by atoms with Crippen LogP contribution in [0.5, 0.6) is 0 Å². The van der Waals surface area contributed by atoms with Crippen LogP contribution in [-0.4, -0.2) is 49.5 Å². The average molecular weight is 664 g/mol. The van der Waals surface area contributed by atoms with Gasteiger partial charge in [-0.2, -0.15) is 0 Å². The van der Waals surface area contributed by atoms with Gasteiger partial charge in [-0.3, -0.25) is 9.59 Å². The fourth-order valence-electron chi connectivity index (χ4n) is 3.88. The number of carboxylic acids is 2. The number of aliphatic carboxylic acids is 2. The Morgan fingerprint density at radius 3 is 0.758 bits per heavy atom.